The normalized spacial score (nSPS) is 4.89. The highest BCUT2D eigenvalue weighted by Gasteiger charge is 1.25. The van der Waals surface area contributed by atoms with Gasteiger partial charge in [-0.15, -0.1) is 13.2 Å². The molecule has 0 aromatic heterocycles. The van der Waals surface area contributed by atoms with Crippen molar-refractivity contribution in [2.24, 2.45) is 0 Å². The maximum Gasteiger partial charge on any atom is 0.0351 e. The molecular formula is C8H18O. The fourth-order valence-electron chi connectivity index (χ4n) is 0. The van der Waals surface area contributed by atoms with E-state index in [4.69, 9.17) is 0 Å². The first-order valence-corrected chi connectivity index (χ1v) is 2.79. The first-order valence-electron chi connectivity index (χ1n) is 2.79. The molecule has 0 amide bonds. The molecule has 0 saturated carbocycles. The van der Waals surface area contributed by atoms with Crippen molar-refractivity contribution in [1.82, 2.24) is 0 Å². The zero-order chi connectivity index (χ0) is 8.12. The average Bonchev–Trinajstić information content (AvgIpc) is 1.70. The number of methoxy groups -OCH3 is 1. The summed E-state index contributed by atoms with van der Waals surface area (Å²) in [6.45, 7) is 10.5. The molecule has 0 N–H and O–H groups in total. The number of hydrogen-bond acceptors (Lipinski definition) is 1. The summed E-state index contributed by atoms with van der Waals surface area (Å²) < 4.78 is 4.25. The van der Waals surface area contributed by atoms with E-state index >= 15 is 0 Å². The lowest BCUT2D eigenvalue weighted by Gasteiger charge is -1.61. The molecule has 9 heavy (non-hydrogen) atoms. The monoisotopic (exact) mass is 130 g/mol. The van der Waals surface area contributed by atoms with E-state index in [2.05, 4.69) is 17.9 Å². The molecule has 0 aliphatic heterocycles. The molecule has 0 heterocycles. The van der Waals surface area contributed by atoms with Crippen LogP contribution >= 0.6 is 0 Å². The van der Waals surface area contributed by atoms with Crippen LogP contribution < -0.4 is 0 Å². The maximum atomic E-state index is 4.25. The summed E-state index contributed by atoms with van der Waals surface area (Å²) >= 11 is 0. The van der Waals surface area contributed by atoms with Crippen molar-refractivity contribution in [3.05, 3.63) is 25.3 Å². The predicted octanol–water partition coefficient (Wildman–Crippen LogP) is 2.65. The zero-order valence-corrected chi connectivity index (χ0v) is 6.98. The minimum absolute atomic E-state index is 1.62. The van der Waals surface area contributed by atoms with Gasteiger partial charge in [-0.1, -0.05) is 12.2 Å². The van der Waals surface area contributed by atoms with E-state index in [9.17, 15) is 0 Å². The first kappa shape index (κ1) is 15.8. The molecule has 0 rings (SSSR count). The van der Waals surface area contributed by atoms with Crippen LogP contribution in [0.4, 0.5) is 0 Å². The second-order valence-corrected chi connectivity index (χ2v) is 1.22. The summed E-state index contributed by atoms with van der Waals surface area (Å²) in [4.78, 5) is 0. The minimum Gasteiger partial charge on any atom is -0.388 e. The van der Waals surface area contributed by atoms with Crippen molar-refractivity contribution in [3.8, 4) is 0 Å². The van der Waals surface area contributed by atoms with E-state index in [1.807, 2.05) is 13.8 Å². The van der Waals surface area contributed by atoms with Crippen molar-refractivity contribution >= 4 is 0 Å². The topological polar surface area (TPSA) is 9.23 Å². The molecule has 56 valence electrons. The lowest BCUT2D eigenvalue weighted by atomic mass is 10.8. The number of rotatable bonds is 0. The summed E-state index contributed by atoms with van der Waals surface area (Å²) in [6, 6.07) is 0. The summed E-state index contributed by atoms with van der Waals surface area (Å²) in [7, 11) is 3.25. The largest absolute Gasteiger partial charge is 0.388 e. The molecule has 0 aliphatic rings. The minimum atomic E-state index is 1.62. The number of hydrogen-bond donors (Lipinski definition) is 0. The van der Waals surface area contributed by atoms with Crippen LogP contribution in [-0.4, -0.2) is 14.2 Å². The van der Waals surface area contributed by atoms with Gasteiger partial charge < -0.3 is 4.74 Å². The van der Waals surface area contributed by atoms with Gasteiger partial charge in [-0.2, -0.15) is 0 Å². The van der Waals surface area contributed by atoms with Crippen molar-refractivity contribution in [3.63, 3.8) is 0 Å². The van der Waals surface area contributed by atoms with Crippen molar-refractivity contribution in [2.45, 2.75) is 13.8 Å². The van der Waals surface area contributed by atoms with Crippen LogP contribution in [0.15, 0.2) is 25.3 Å². The van der Waals surface area contributed by atoms with E-state index < -0.39 is 0 Å². The highest BCUT2D eigenvalue weighted by atomic mass is 16.4. The predicted molar refractivity (Wildman–Crippen MR) is 44.7 cm³/mol. The maximum absolute atomic E-state index is 4.25. The molecular weight excluding hydrogens is 112 g/mol. The second kappa shape index (κ2) is 51.8. The van der Waals surface area contributed by atoms with Crippen molar-refractivity contribution in [1.29, 1.82) is 0 Å². The van der Waals surface area contributed by atoms with Crippen LogP contribution in [0, 0.1) is 0 Å². The van der Waals surface area contributed by atoms with Gasteiger partial charge in [-0.25, -0.2) is 0 Å². The van der Waals surface area contributed by atoms with Crippen LogP contribution in [0.2, 0.25) is 0 Å². The standard InChI is InChI=1S/2C3H6.C2H6O/c3*1-3-2/h2*3H,1H2,2H3;1-2H3. The molecule has 0 aliphatic carbocycles. The molecule has 0 fully saturated rings. The Hall–Kier alpha value is -0.560. The summed E-state index contributed by atoms with van der Waals surface area (Å²) in [5.74, 6) is 0. The van der Waals surface area contributed by atoms with Gasteiger partial charge in [-0.3, -0.25) is 0 Å². The van der Waals surface area contributed by atoms with E-state index in [1.165, 1.54) is 0 Å². The van der Waals surface area contributed by atoms with Crippen LogP contribution in [0.25, 0.3) is 0 Å². The van der Waals surface area contributed by atoms with Gasteiger partial charge in [0, 0.05) is 14.2 Å². The molecule has 0 unspecified atom stereocenters. The van der Waals surface area contributed by atoms with E-state index in [0.717, 1.165) is 0 Å². The lowest BCUT2D eigenvalue weighted by molar-refractivity contribution is 0.277. The average molecular weight is 130 g/mol. The highest BCUT2D eigenvalue weighted by molar-refractivity contribution is 4.51. The summed E-state index contributed by atoms with van der Waals surface area (Å²) in [5.41, 5.74) is 0. The van der Waals surface area contributed by atoms with Crippen LogP contribution in [-0.2, 0) is 4.74 Å². The molecule has 0 radical (unpaired) electrons. The molecule has 0 atom stereocenters. The third-order valence-electron chi connectivity index (χ3n) is 0. The second-order valence-electron chi connectivity index (χ2n) is 1.22. The fraction of sp³-hybridized carbons (Fsp3) is 0.500. The van der Waals surface area contributed by atoms with Gasteiger partial charge in [-0.05, 0) is 13.8 Å². The summed E-state index contributed by atoms with van der Waals surface area (Å²) in [6.07, 6.45) is 3.50. The Morgan fingerprint density at radius 2 is 1.00 bits per heavy atom. The van der Waals surface area contributed by atoms with Gasteiger partial charge in [0.05, 0.1) is 0 Å². The van der Waals surface area contributed by atoms with Gasteiger partial charge in [0.2, 0.25) is 0 Å². The Kier molecular flexibility index (Phi) is 90.9. The van der Waals surface area contributed by atoms with Gasteiger partial charge in [0.15, 0.2) is 0 Å². The van der Waals surface area contributed by atoms with Gasteiger partial charge >= 0.3 is 0 Å². The number of allylic oxidation sites excluding steroid dienone is 2. The Balaban J connectivity index is -0.0000000600. The molecule has 0 aromatic carbocycles. The Bertz CT molecular complexity index is 33.8. The lowest BCUT2D eigenvalue weighted by Crippen LogP contribution is -1.55. The quantitative estimate of drug-likeness (QED) is 0.458. The van der Waals surface area contributed by atoms with Crippen molar-refractivity contribution < 1.29 is 4.74 Å². The van der Waals surface area contributed by atoms with Gasteiger partial charge in [0.1, 0.15) is 0 Å². The van der Waals surface area contributed by atoms with Crippen molar-refractivity contribution in [2.75, 3.05) is 14.2 Å². The molecule has 0 bridgehead atoms. The third-order valence-corrected chi connectivity index (χ3v) is 0. The van der Waals surface area contributed by atoms with E-state index in [1.54, 1.807) is 26.4 Å². The fourth-order valence-corrected chi connectivity index (χ4v) is 0. The Morgan fingerprint density at radius 1 is 1.00 bits per heavy atom. The van der Waals surface area contributed by atoms with Crippen LogP contribution in [0.5, 0.6) is 0 Å². The molecule has 0 saturated heterocycles. The SMILES string of the molecule is C=CC.C=CC.COC. The van der Waals surface area contributed by atoms with E-state index in [0.29, 0.717) is 0 Å². The first-order chi connectivity index (χ1) is 4.24. The highest BCUT2D eigenvalue weighted by Crippen LogP contribution is 1.38. The Morgan fingerprint density at radius 3 is 1.00 bits per heavy atom. The molecule has 0 spiro atoms. The summed E-state index contributed by atoms with van der Waals surface area (Å²) in [5, 5.41) is 0. The molecule has 1 nitrogen and oxygen atoms in total. The van der Waals surface area contributed by atoms with Crippen LogP contribution in [0.3, 0.4) is 0 Å². The molecule has 0 aromatic rings. The smallest absolute Gasteiger partial charge is 0.0351 e. The molecule has 1 heteroatoms. The van der Waals surface area contributed by atoms with Crippen LogP contribution in [0.1, 0.15) is 13.8 Å². The number of ether oxygens (including phenoxy) is 1. The third kappa shape index (κ3) is 702. The van der Waals surface area contributed by atoms with Gasteiger partial charge in [0.25, 0.3) is 0 Å². The Labute approximate surface area is 59.0 Å². The van der Waals surface area contributed by atoms with E-state index in [-0.39, 0.29) is 0 Å². The zero-order valence-electron chi connectivity index (χ0n) is 6.98.